The van der Waals surface area contributed by atoms with Gasteiger partial charge in [0, 0.05) is 0 Å². The van der Waals surface area contributed by atoms with Gasteiger partial charge in [0.1, 0.15) is 0 Å². The zero-order valence-corrected chi connectivity index (χ0v) is 14.3. The predicted octanol–water partition coefficient (Wildman–Crippen LogP) is 4.75. The van der Waals surface area contributed by atoms with Crippen LogP contribution in [0.3, 0.4) is 0 Å². The fourth-order valence-corrected chi connectivity index (χ4v) is 3.67. The molecule has 1 unspecified atom stereocenters. The van der Waals surface area contributed by atoms with E-state index in [1.165, 1.54) is 32.1 Å². The highest BCUT2D eigenvalue weighted by Crippen LogP contribution is 2.34. The molecule has 0 amide bonds. The van der Waals surface area contributed by atoms with Gasteiger partial charge in [0.15, 0.2) is 0 Å². The van der Waals surface area contributed by atoms with Gasteiger partial charge in [0.05, 0.1) is 5.60 Å². The van der Waals surface area contributed by atoms with E-state index >= 15 is 0 Å². The zero-order valence-electron chi connectivity index (χ0n) is 13.5. The molecule has 0 aromatic carbocycles. The highest BCUT2D eigenvalue weighted by atomic mass is 32.3. The molecule has 0 aliphatic carbocycles. The van der Waals surface area contributed by atoms with Gasteiger partial charge >= 0.3 is 10.4 Å². The van der Waals surface area contributed by atoms with Crippen molar-refractivity contribution in [2.45, 2.75) is 91.1 Å². The molecule has 0 saturated heterocycles. The van der Waals surface area contributed by atoms with Crippen LogP contribution in [0.5, 0.6) is 0 Å². The van der Waals surface area contributed by atoms with Crippen LogP contribution in [0.15, 0.2) is 0 Å². The summed E-state index contributed by atoms with van der Waals surface area (Å²) in [4.78, 5) is 0. The van der Waals surface area contributed by atoms with Crippen molar-refractivity contribution in [3.05, 3.63) is 0 Å². The summed E-state index contributed by atoms with van der Waals surface area (Å²) < 4.78 is 36.1. The molecule has 0 rings (SSSR count). The molecule has 0 heterocycles. The van der Waals surface area contributed by atoms with Crippen molar-refractivity contribution in [2.75, 3.05) is 0 Å². The molecule has 0 saturated carbocycles. The van der Waals surface area contributed by atoms with Gasteiger partial charge in [0.2, 0.25) is 0 Å². The largest absolute Gasteiger partial charge is 0.397 e. The van der Waals surface area contributed by atoms with Crippen molar-refractivity contribution < 1.29 is 17.2 Å². The van der Waals surface area contributed by atoms with E-state index in [0.29, 0.717) is 12.8 Å². The molecule has 0 bridgehead atoms. The minimum atomic E-state index is -4.39. The van der Waals surface area contributed by atoms with Gasteiger partial charge in [-0.1, -0.05) is 66.2 Å². The summed E-state index contributed by atoms with van der Waals surface area (Å²) in [6.07, 6.45) is 9.41. The second-order valence-corrected chi connectivity index (χ2v) is 6.76. The first-order valence-corrected chi connectivity index (χ1v) is 9.35. The SMILES string of the molecule is CCCCCCCCC(C)C(CC)(CC)OS(=O)(=O)O. The molecule has 4 nitrogen and oxygen atoms in total. The van der Waals surface area contributed by atoms with E-state index in [9.17, 15) is 8.42 Å². The molecule has 0 aliphatic heterocycles. The summed E-state index contributed by atoms with van der Waals surface area (Å²) >= 11 is 0. The Morgan fingerprint density at radius 2 is 1.50 bits per heavy atom. The second kappa shape index (κ2) is 9.74. The Morgan fingerprint density at radius 1 is 1.00 bits per heavy atom. The molecular formula is C15H32O4S. The van der Waals surface area contributed by atoms with Gasteiger partial charge < -0.3 is 0 Å². The fourth-order valence-electron chi connectivity index (χ4n) is 2.85. The van der Waals surface area contributed by atoms with Crippen LogP contribution in [0.2, 0.25) is 0 Å². The molecule has 0 spiro atoms. The van der Waals surface area contributed by atoms with Gasteiger partial charge in [-0.15, -0.1) is 0 Å². The van der Waals surface area contributed by atoms with E-state index in [1.807, 2.05) is 20.8 Å². The third-order valence-electron chi connectivity index (χ3n) is 4.36. The van der Waals surface area contributed by atoms with Crippen LogP contribution in [0, 0.1) is 5.92 Å². The third-order valence-corrected chi connectivity index (χ3v) is 4.90. The van der Waals surface area contributed by atoms with Gasteiger partial charge in [-0.25, -0.2) is 4.18 Å². The van der Waals surface area contributed by atoms with Crippen LogP contribution in [-0.2, 0) is 14.6 Å². The smallest absolute Gasteiger partial charge is 0.264 e. The molecule has 122 valence electrons. The van der Waals surface area contributed by atoms with E-state index < -0.39 is 16.0 Å². The van der Waals surface area contributed by atoms with Crippen molar-refractivity contribution >= 4 is 10.4 Å². The van der Waals surface area contributed by atoms with E-state index in [-0.39, 0.29) is 5.92 Å². The van der Waals surface area contributed by atoms with Crippen LogP contribution < -0.4 is 0 Å². The first-order chi connectivity index (χ1) is 9.31. The number of hydrogen-bond acceptors (Lipinski definition) is 3. The van der Waals surface area contributed by atoms with Crippen molar-refractivity contribution in [3.8, 4) is 0 Å². The molecule has 1 N–H and O–H groups in total. The lowest BCUT2D eigenvalue weighted by atomic mass is 9.81. The van der Waals surface area contributed by atoms with E-state index in [1.54, 1.807) is 0 Å². The molecular weight excluding hydrogens is 276 g/mol. The lowest BCUT2D eigenvalue weighted by Crippen LogP contribution is -2.40. The second-order valence-electron chi connectivity index (χ2n) is 5.74. The molecule has 0 aromatic heterocycles. The molecule has 0 aromatic rings. The minimum Gasteiger partial charge on any atom is -0.264 e. The maximum absolute atomic E-state index is 11.1. The van der Waals surface area contributed by atoms with Gasteiger partial charge in [0.25, 0.3) is 0 Å². The van der Waals surface area contributed by atoms with Crippen molar-refractivity contribution in [3.63, 3.8) is 0 Å². The van der Waals surface area contributed by atoms with Crippen LogP contribution in [0.4, 0.5) is 0 Å². The molecule has 20 heavy (non-hydrogen) atoms. The van der Waals surface area contributed by atoms with E-state index in [4.69, 9.17) is 8.74 Å². The first kappa shape index (κ1) is 19.9. The number of rotatable bonds is 12. The summed E-state index contributed by atoms with van der Waals surface area (Å²) in [6.45, 7) is 8.04. The standard InChI is InChI=1S/C15H32O4S/c1-5-8-9-10-11-12-13-14(4)15(6-2,7-3)19-20(16,17)18/h14H,5-13H2,1-4H3,(H,16,17,18). The Balaban J connectivity index is 4.32. The van der Waals surface area contributed by atoms with Crippen LogP contribution in [0.1, 0.15) is 85.5 Å². The third kappa shape index (κ3) is 7.60. The van der Waals surface area contributed by atoms with Crippen molar-refractivity contribution in [2.24, 2.45) is 5.92 Å². The Hall–Kier alpha value is -0.130. The minimum absolute atomic E-state index is 0.116. The average molecular weight is 308 g/mol. The Bertz CT molecular complexity index is 334. The lowest BCUT2D eigenvalue weighted by Gasteiger charge is -2.35. The molecule has 0 fully saturated rings. The van der Waals surface area contributed by atoms with Crippen LogP contribution in [0.25, 0.3) is 0 Å². The van der Waals surface area contributed by atoms with Crippen LogP contribution >= 0.6 is 0 Å². The van der Waals surface area contributed by atoms with E-state index in [2.05, 4.69) is 6.92 Å². The lowest BCUT2D eigenvalue weighted by molar-refractivity contribution is -0.000773. The summed E-state index contributed by atoms with van der Waals surface area (Å²) in [5, 5.41) is 0. The molecule has 0 aliphatic rings. The maximum Gasteiger partial charge on any atom is 0.397 e. The van der Waals surface area contributed by atoms with Gasteiger partial charge in [-0.3, -0.25) is 4.55 Å². The maximum atomic E-state index is 11.1. The van der Waals surface area contributed by atoms with Crippen molar-refractivity contribution in [1.29, 1.82) is 0 Å². The molecule has 5 heteroatoms. The monoisotopic (exact) mass is 308 g/mol. The highest BCUT2D eigenvalue weighted by Gasteiger charge is 2.37. The Kier molecular flexibility index (Phi) is 9.68. The van der Waals surface area contributed by atoms with Crippen molar-refractivity contribution in [1.82, 2.24) is 0 Å². The average Bonchev–Trinajstić information content (AvgIpc) is 2.38. The first-order valence-electron chi connectivity index (χ1n) is 7.99. The zero-order chi connectivity index (χ0) is 15.6. The Morgan fingerprint density at radius 3 is 1.95 bits per heavy atom. The summed E-state index contributed by atoms with van der Waals surface area (Å²) in [6, 6.07) is 0. The summed E-state index contributed by atoms with van der Waals surface area (Å²) in [5.74, 6) is 0.116. The van der Waals surface area contributed by atoms with Gasteiger partial charge in [-0.2, -0.15) is 8.42 Å². The normalized spacial score (nSPS) is 14.4. The number of unbranched alkanes of at least 4 members (excludes halogenated alkanes) is 5. The quantitative estimate of drug-likeness (QED) is 0.417. The summed E-state index contributed by atoms with van der Waals surface area (Å²) in [7, 11) is -4.39. The Labute approximate surface area is 125 Å². The summed E-state index contributed by atoms with van der Waals surface area (Å²) in [5.41, 5.74) is -0.767. The van der Waals surface area contributed by atoms with Crippen LogP contribution in [-0.4, -0.2) is 18.6 Å². The number of hydrogen-bond donors (Lipinski definition) is 1. The fraction of sp³-hybridized carbons (Fsp3) is 1.00. The molecule has 1 atom stereocenters. The highest BCUT2D eigenvalue weighted by molar-refractivity contribution is 7.80. The van der Waals surface area contributed by atoms with Gasteiger partial charge in [-0.05, 0) is 25.2 Å². The molecule has 0 radical (unpaired) electrons. The van der Waals surface area contributed by atoms with E-state index in [0.717, 1.165) is 12.8 Å². The predicted molar refractivity (Wildman–Crippen MR) is 83.1 cm³/mol. The topological polar surface area (TPSA) is 63.6 Å².